The van der Waals surface area contributed by atoms with Gasteiger partial charge in [-0.15, -0.1) is 0 Å². The van der Waals surface area contributed by atoms with Gasteiger partial charge in [-0.25, -0.2) is 9.97 Å². The monoisotopic (exact) mass is 297 g/mol. The van der Waals surface area contributed by atoms with Crippen molar-refractivity contribution in [3.8, 4) is 11.4 Å². The Morgan fingerprint density at radius 1 is 1.05 bits per heavy atom. The summed E-state index contributed by atoms with van der Waals surface area (Å²) in [5.41, 5.74) is 4.82. The molecule has 0 fully saturated rings. The molecule has 21 heavy (non-hydrogen) atoms. The van der Waals surface area contributed by atoms with E-state index in [9.17, 15) is 0 Å². The van der Waals surface area contributed by atoms with Crippen LogP contribution >= 0.6 is 11.6 Å². The summed E-state index contributed by atoms with van der Waals surface area (Å²) in [7, 11) is 0. The number of nitrogens with zero attached hydrogens (tertiary/aromatic N) is 3. The van der Waals surface area contributed by atoms with Crippen molar-refractivity contribution in [2.75, 3.05) is 0 Å². The quantitative estimate of drug-likeness (QED) is 0.653. The van der Waals surface area contributed by atoms with E-state index in [0.29, 0.717) is 11.0 Å². The molecule has 0 spiro atoms. The van der Waals surface area contributed by atoms with E-state index in [1.807, 2.05) is 44.2 Å². The second-order valence-corrected chi connectivity index (χ2v) is 5.44. The lowest BCUT2D eigenvalue weighted by molar-refractivity contribution is 1.00. The number of fused-ring (bicyclic) bond motifs is 1. The maximum absolute atomic E-state index is 6.31. The Balaban J connectivity index is 2.30. The first-order valence-corrected chi connectivity index (χ1v) is 7.37. The predicted molar refractivity (Wildman–Crippen MR) is 86.6 cm³/mol. The van der Waals surface area contributed by atoms with Gasteiger partial charge in [-0.3, -0.25) is 4.98 Å². The van der Waals surface area contributed by atoms with E-state index in [-0.39, 0.29) is 0 Å². The van der Waals surface area contributed by atoms with Crippen LogP contribution in [-0.4, -0.2) is 15.0 Å². The normalized spacial score (nSPS) is 11.0. The molecule has 2 aromatic heterocycles. The number of hydrogen-bond acceptors (Lipinski definition) is 3. The molecule has 0 radical (unpaired) electrons. The van der Waals surface area contributed by atoms with E-state index < -0.39 is 0 Å². The van der Waals surface area contributed by atoms with E-state index in [1.165, 1.54) is 0 Å². The highest BCUT2D eigenvalue weighted by molar-refractivity contribution is 6.30. The Kier molecular flexibility index (Phi) is 3.60. The van der Waals surface area contributed by atoms with Gasteiger partial charge in [0.1, 0.15) is 5.15 Å². The topological polar surface area (TPSA) is 38.7 Å². The van der Waals surface area contributed by atoms with Crippen LogP contribution in [-0.2, 0) is 6.42 Å². The SMILES string of the molecule is CCc1c(C)nc(-c2cc(C)nc3ccccc23)nc1Cl. The lowest BCUT2D eigenvalue weighted by Gasteiger charge is -2.10. The molecule has 0 amide bonds. The molecule has 2 heterocycles. The van der Waals surface area contributed by atoms with Crippen LogP contribution in [0.1, 0.15) is 23.9 Å². The minimum Gasteiger partial charge on any atom is -0.253 e. The van der Waals surface area contributed by atoms with Crippen LogP contribution in [0.25, 0.3) is 22.3 Å². The fourth-order valence-electron chi connectivity index (χ4n) is 2.58. The summed E-state index contributed by atoms with van der Waals surface area (Å²) in [6.45, 7) is 6.01. The van der Waals surface area contributed by atoms with Gasteiger partial charge in [0, 0.05) is 27.9 Å². The first-order chi connectivity index (χ1) is 10.1. The Morgan fingerprint density at radius 3 is 2.52 bits per heavy atom. The van der Waals surface area contributed by atoms with Gasteiger partial charge in [-0.05, 0) is 32.4 Å². The van der Waals surface area contributed by atoms with Crippen molar-refractivity contribution in [2.45, 2.75) is 27.2 Å². The summed E-state index contributed by atoms with van der Waals surface area (Å²) < 4.78 is 0. The minimum absolute atomic E-state index is 0.540. The maximum atomic E-state index is 6.31. The van der Waals surface area contributed by atoms with Gasteiger partial charge in [0.2, 0.25) is 0 Å². The Morgan fingerprint density at radius 2 is 1.81 bits per heavy atom. The number of benzene rings is 1. The van der Waals surface area contributed by atoms with Gasteiger partial charge in [0.25, 0.3) is 0 Å². The van der Waals surface area contributed by atoms with E-state index in [4.69, 9.17) is 11.6 Å². The van der Waals surface area contributed by atoms with Crippen LogP contribution in [0.5, 0.6) is 0 Å². The van der Waals surface area contributed by atoms with E-state index >= 15 is 0 Å². The van der Waals surface area contributed by atoms with Crippen LogP contribution in [0, 0.1) is 13.8 Å². The van der Waals surface area contributed by atoms with E-state index in [1.54, 1.807) is 0 Å². The molecule has 3 nitrogen and oxygen atoms in total. The lowest BCUT2D eigenvalue weighted by atomic mass is 10.1. The minimum atomic E-state index is 0.540. The number of aryl methyl sites for hydroxylation is 2. The number of pyridine rings is 1. The van der Waals surface area contributed by atoms with Crippen molar-refractivity contribution in [1.29, 1.82) is 0 Å². The second-order valence-electron chi connectivity index (χ2n) is 5.08. The number of rotatable bonds is 2. The number of aromatic nitrogens is 3. The summed E-state index contributed by atoms with van der Waals surface area (Å²) in [5.74, 6) is 0.663. The first kappa shape index (κ1) is 14.0. The van der Waals surface area contributed by atoms with Gasteiger partial charge >= 0.3 is 0 Å². The molecular weight excluding hydrogens is 282 g/mol. The van der Waals surface area contributed by atoms with E-state index in [2.05, 4.69) is 21.9 Å². The highest BCUT2D eigenvalue weighted by Crippen LogP contribution is 2.28. The molecule has 0 aliphatic heterocycles. The Bertz CT molecular complexity index is 804. The van der Waals surface area contributed by atoms with Gasteiger partial charge < -0.3 is 0 Å². The summed E-state index contributed by atoms with van der Waals surface area (Å²) >= 11 is 6.31. The highest BCUT2D eigenvalue weighted by Gasteiger charge is 2.13. The Labute approximate surface area is 129 Å². The maximum Gasteiger partial charge on any atom is 0.161 e. The zero-order chi connectivity index (χ0) is 15.0. The molecule has 0 aliphatic carbocycles. The molecule has 3 aromatic rings. The van der Waals surface area contributed by atoms with Crippen molar-refractivity contribution in [1.82, 2.24) is 15.0 Å². The average molecular weight is 298 g/mol. The molecule has 0 saturated heterocycles. The first-order valence-electron chi connectivity index (χ1n) is 7.00. The van der Waals surface area contributed by atoms with Crippen LogP contribution in [0.4, 0.5) is 0 Å². The fourth-order valence-corrected chi connectivity index (χ4v) is 2.93. The highest BCUT2D eigenvalue weighted by atomic mass is 35.5. The molecule has 3 rings (SSSR count). The van der Waals surface area contributed by atoms with Gasteiger partial charge in [0.15, 0.2) is 5.82 Å². The van der Waals surface area contributed by atoms with Gasteiger partial charge in [-0.1, -0.05) is 36.7 Å². The van der Waals surface area contributed by atoms with Crippen LogP contribution < -0.4 is 0 Å². The molecule has 0 bridgehead atoms. The average Bonchev–Trinajstić information content (AvgIpc) is 2.46. The smallest absolute Gasteiger partial charge is 0.161 e. The lowest BCUT2D eigenvalue weighted by Crippen LogP contribution is -2.00. The summed E-state index contributed by atoms with van der Waals surface area (Å²) in [4.78, 5) is 13.7. The van der Waals surface area contributed by atoms with Crippen LogP contribution in [0.2, 0.25) is 5.15 Å². The number of para-hydroxylation sites is 1. The van der Waals surface area contributed by atoms with E-state index in [0.717, 1.165) is 39.8 Å². The summed E-state index contributed by atoms with van der Waals surface area (Å²) in [6.07, 6.45) is 0.834. The molecule has 0 unspecified atom stereocenters. The molecule has 0 saturated carbocycles. The fraction of sp³-hybridized carbons (Fsp3) is 0.235. The van der Waals surface area contributed by atoms with Gasteiger partial charge in [-0.2, -0.15) is 0 Å². The molecule has 106 valence electrons. The van der Waals surface area contributed by atoms with Crippen molar-refractivity contribution >= 4 is 22.5 Å². The zero-order valence-corrected chi connectivity index (χ0v) is 13.1. The summed E-state index contributed by atoms with van der Waals surface area (Å²) in [6, 6.07) is 10.0. The van der Waals surface area contributed by atoms with Gasteiger partial charge in [0.05, 0.1) is 5.52 Å². The molecule has 0 aliphatic rings. The molecule has 0 atom stereocenters. The number of halogens is 1. The van der Waals surface area contributed by atoms with Crippen molar-refractivity contribution in [3.63, 3.8) is 0 Å². The van der Waals surface area contributed by atoms with Crippen molar-refractivity contribution in [3.05, 3.63) is 52.4 Å². The zero-order valence-electron chi connectivity index (χ0n) is 12.3. The third-order valence-electron chi connectivity index (χ3n) is 3.60. The molecule has 1 aromatic carbocycles. The van der Waals surface area contributed by atoms with Crippen molar-refractivity contribution < 1.29 is 0 Å². The van der Waals surface area contributed by atoms with Crippen LogP contribution in [0.3, 0.4) is 0 Å². The van der Waals surface area contributed by atoms with Crippen LogP contribution in [0.15, 0.2) is 30.3 Å². The Hall–Kier alpha value is -2.00. The molecular formula is C17H16ClN3. The summed E-state index contributed by atoms with van der Waals surface area (Å²) in [5, 5.41) is 1.58. The largest absolute Gasteiger partial charge is 0.253 e. The second kappa shape index (κ2) is 5.41. The molecule has 0 N–H and O–H groups in total. The van der Waals surface area contributed by atoms with Crippen molar-refractivity contribution in [2.24, 2.45) is 0 Å². The third-order valence-corrected chi connectivity index (χ3v) is 3.91. The third kappa shape index (κ3) is 2.49. The standard InChI is InChI=1S/C17H16ClN3/c1-4-12-11(3)20-17(21-16(12)18)14-9-10(2)19-15-8-6-5-7-13(14)15/h5-9H,4H2,1-3H3. The number of hydrogen-bond donors (Lipinski definition) is 0. The molecule has 4 heteroatoms. The predicted octanol–water partition coefficient (Wildman–Crippen LogP) is 4.52.